The van der Waals surface area contributed by atoms with Crippen molar-refractivity contribution in [3.63, 3.8) is 0 Å². The van der Waals surface area contributed by atoms with Crippen LogP contribution in [0.4, 0.5) is 4.39 Å². The van der Waals surface area contributed by atoms with Crippen LogP contribution in [0.1, 0.15) is 32.1 Å². The molecule has 4 heteroatoms. The van der Waals surface area contributed by atoms with Crippen molar-refractivity contribution in [2.45, 2.75) is 44.3 Å². The zero-order valence-electron chi connectivity index (χ0n) is 12.1. The van der Waals surface area contributed by atoms with E-state index in [0.29, 0.717) is 18.8 Å². The van der Waals surface area contributed by atoms with Gasteiger partial charge in [0.1, 0.15) is 24.8 Å². The topological polar surface area (TPSA) is 38.7 Å². The molecule has 1 saturated heterocycles. The van der Waals surface area contributed by atoms with Crippen molar-refractivity contribution in [1.82, 2.24) is 0 Å². The van der Waals surface area contributed by atoms with Gasteiger partial charge < -0.3 is 14.6 Å². The standard InChI is InChI=1S/C17H21FO3/c18-14-8-10-15(11-9-14)20-13-17-7-2-1-5-16(21-17)6-3-4-12-19/h8-11,16-17,19H,1-2,5-7,12-13H2/t16-,17+/m1/s1. The summed E-state index contributed by atoms with van der Waals surface area (Å²) in [5.74, 6) is 5.96. The van der Waals surface area contributed by atoms with E-state index in [2.05, 4.69) is 11.8 Å². The van der Waals surface area contributed by atoms with E-state index in [1.807, 2.05) is 0 Å². The zero-order chi connectivity index (χ0) is 14.9. The Morgan fingerprint density at radius 1 is 1.14 bits per heavy atom. The summed E-state index contributed by atoms with van der Waals surface area (Å²) in [6.45, 7) is 0.361. The molecule has 21 heavy (non-hydrogen) atoms. The third-order valence-electron chi connectivity index (χ3n) is 3.47. The molecule has 3 nitrogen and oxygen atoms in total. The molecule has 1 aliphatic rings. The lowest BCUT2D eigenvalue weighted by atomic mass is 10.1. The fraction of sp³-hybridized carbons (Fsp3) is 0.529. The summed E-state index contributed by atoms with van der Waals surface area (Å²) in [4.78, 5) is 0. The van der Waals surface area contributed by atoms with Crippen LogP contribution in [0.15, 0.2) is 24.3 Å². The average molecular weight is 292 g/mol. The van der Waals surface area contributed by atoms with Crippen LogP contribution in [0, 0.1) is 17.7 Å². The minimum Gasteiger partial charge on any atom is -0.491 e. The summed E-state index contributed by atoms with van der Waals surface area (Å²) in [7, 11) is 0. The minimum atomic E-state index is -0.268. The first-order chi connectivity index (χ1) is 10.3. The largest absolute Gasteiger partial charge is 0.491 e. The van der Waals surface area contributed by atoms with Gasteiger partial charge in [-0.3, -0.25) is 0 Å². The van der Waals surface area contributed by atoms with Gasteiger partial charge >= 0.3 is 0 Å². The predicted octanol–water partition coefficient (Wildman–Crippen LogP) is 2.92. The second-order valence-electron chi connectivity index (χ2n) is 5.15. The third-order valence-corrected chi connectivity index (χ3v) is 3.47. The number of ether oxygens (including phenoxy) is 2. The Balaban J connectivity index is 1.82. The quantitative estimate of drug-likeness (QED) is 0.867. The maximum atomic E-state index is 12.8. The molecule has 0 amide bonds. The lowest BCUT2D eigenvalue weighted by Gasteiger charge is -2.20. The second kappa shape index (κ2) is 8.66. The van der Waals surface area contributed by atoms with E-state index < -0.39 is 0 Å². The molecule has 0 spiro atoms. The van der Waals surface area contributed by atoms with Gasteiger partial charge in [-0.1, -0.05) is 24.7 Å². The van der Waals surface area contributed by atoms with E-state index in [9.17, 15) is 4.39 Å². The van der Waals surface area contributed by atoms with Gasteiger partial charge in [0.05, 0.1) is 12.2 Å². The number of aliphatic hydroxyl groups is 1. The molecule has 1 fully saturated rings. The molecule has 114 valence electrons. The summed E-state index contributed by atoms with van der Waals surface area (Å²) in [6.07, 6.45) is 4.98. The van der Waals surface area contributed by atoms with E-state index in [1.54, 1.807) is 12.1 Å². The summed E-state index contributed by atoms with van der Waals surface area (Å²) in [5.41, 5.74) is 0. The Morgan fingerprint density at radius 3 is 2.57 bits per heavy atom. The predicted molar refractivity (Wildman–Crippen MR) is 78.5 cm³/mol. The van der Waals surface area contributed by atoms with Gasteiger partial charge in [0.2, 0.25) is 0 Å². The fourth-order valence-electron chi connectivity index (χ4n) is 2.39. The summed E-state index contributed by atoms with van der Waals surface area (Å²) < 4.78 is 24.5. The number of benzene rings is 1. The average Bonchev–Trinajstić information content (AvgIpc) is 2.72. The first-order valence-electron chi connectivity index (χ1n) is 7.38. The number of hydrogen-bond acceptors (Lipinski definition) is 3. The molecule has 1 N–H and O–H groups in total. The number of rotatable bonds is 4. The Labute approximate surface area is 125 Å². The molecule has 2 atom stereocenters. The Hall–Kier alpha value is -1.57. The van der Waals surface area contributed by atoms with E-state index in [1.165, 1.54) is 12.1 Å². The first kappa shape index (κ1) is 15.8. The molecule has 1 heterocycles. The molecule has 0 aromatic heterocycles. The molecule has 0 unspecified atom stereocenters. The van der Waals surface area contributed by atoms with Gasteiger partial charge in [-0.15, -0.1) is 0 Å². The van der Waals surface area contributed by atoms with Crippen molar-refractivity contribution >= 4 is 0 Å². The molecule has 0 aliphatic carbocycles. The number of halogens is 1. The normalized spacial score (nSPS) is 22.0. The highest BCUT2D eigenvalue weighted by Gasteiger charge is 2.20. The number of aliphatic hydroxyl groups excluding tert-OH is 1. The molecule has 0 saturated carbocycles. The smallest absolute Gasteiger partial charge is 0.123 e. The molecule has 1 aromatic carbocycles. The molecule has 2 rings (SSSR count). The highest BCUT2D eigenvalue weighted by molar-refractivity contribution is 5.22. The zero-order valence-corrected chi connectivity index (χ0v) is 12.1. The Kier molecular flexibility index (Phi) is 6.52. The molecule has 0 bridgehead atoms. The van der Waals surface area contributed by atoms with E-state index in [-0.39, 0.29) is 24.6 Å². The van der Waals surface area contributed by atoms with E-state index >= 15 is 0 Å². The lowest BCUT2D eigenvalue weighted by Crippen LogP contribution is -2.25. The van der Waals surface area contributed by atoms with Crippen LogP contribution in [0.25, 0.3) is 0 Å². The summed E-state index contributed by atoms with van der Waals surface area (Å²) in [6, 6.07) is 6.01. The third kappa shape index (κ3) is 5.74. The van der Waals surface area contributed by atoms with Crippen molar-refractivity contribution in [3.05, 3.63) is 30.1 Å². The van der Waals surface area contributed by atoms with Crippen LogP contribution in [0.5, 0.6) is 5.75 Å². The highest BCUT2D eigenvalue weighted by Crippen LogP contribution is 2.21. The van der Waals surface area contributed by atoms with Gasteiger partial charge in [-0.05, 0) is 37.1 Å². The van der Waals surface area contributed by atoms with Gasteiger partial charge in [0.25, 0.3) is 0 Å². The summed E-state index contributed by atoms with van der Waals surface area (Å²) in [5, 5.41) is 8.67. The van der Waals surface area contributed by atoms with Crippen molar-refractivity contribution in [2.24, 2.45) is 0 Å². The van der Waals surface area contributed by atoms with Crippen molar-refractivity contribution in [1.29, 1.82) is 0 Å². The van der Waals surface area contributed by atoms with Crippen molar-refractivity contribution < 1.29 is 19.0 Å². The van der Waals surface area contributed by atoms with Crippen LogP contribution in [-0.2, 0) is 4.74 Å². The first-order valence-corrected chi connectivity index (χ1v) is 7.38. The van der Waals surface area contributed by atoms with E-state index in [0.717, 1.165) is 25.7 Å². The van der Waals surface area contributed by atoms with Crippen molar-refractivity contribution in [3.8, 4) is 17.6 Å². The van der Waals surface area contributed by atoms with Gasteiger partial charge in [-0.2, -0.15) is 0 Å². The lowest BCUT2D eigenvalue weighted by molar-refractivity contribution is -0.0275. The minimum absolute atomic E-state index is 0.0403. The molecule has 1 aromatic rings. The van der Waals surface area contributed by atoms with Crippen LogP contribution < -0.4 is 4.74 Å². The molecular weight excluding hydrogens is 271 g/mol. The Bertz CT molecular complexity index is 475. The monoisotopic (exact) mass is 292 g/mol. The van der Waals surface area contributed by atoms with Crippen LogP contribution in [0.3, 0.4) is 0 Å². The van der Waals surface area contributed by atoms with Gasteiger partial charge in [0, 0.05) is 6.42 Å². The molecule has 0 radical (unpaired) electrons. The highest BCUT2D eigenvalue weighted by atomic mass is 19.1. The van der Waals surface area contributed by atoms with E-state index in [4.69, 9.17) is 14.6 Å². The maximum Gasteiger partial charge on any atom is 0.123 e. The van der Waals surface area contributed by atoms with Crippen molar-refractivity contribution in [2.75, 3.05) is 13.2 Å². The van der Waals surface area contributed by atoms with Gasteiger partial charge in [-0.25, -0.2) is 4.39 Å². The number of hydrogen-bond donors (Lipinski definition) is 1. The van der Waals surface area contributed by atoms with Crippen LogP contribution in [0.2, 0.25) is 0 Å². The summed E-state index contributed by atoms with van der Waals surface area (Å²) >= 11 is 0. The fourth-order valence-corrected chi connectivity index (χ4v) is 2.39. The SMILES string of the molecule is OCC#CC[C@H]1CCCC[C@@H](COc2ccc(F)cc2)O1. The maximum absolute atomic E-state index is 12.8. The molecular formula is C17H21FO3. The van der Waals surface area contributed by atoms with Crippen LogP contribution in [-0.4, -0.2) is 30.5 Å². The van der Waals surface area contributed by atoms with Gasteiger partial charge in [0.15, 0.2) is 0 Å². The Morgan fingerprint density at radius 2 is 1.86 bits per heavy atom. The molecule has 1 aliphatic heterocycles. The second-order valence-corrected chi connectivity index (χ2v) is 5.15. The van der Waals surface area contributed by atoms with Crippen LogP contribution >= 0.6 is 0 Å².